The first kappa shape index (κ1) is 11.9. The van der Waals surface area contributed by atoms with Crippen LogP contribution in [0.15, 0.2) is 0 Å². The molecule has 5 heteroatoms. The Morgan fingerprint density at radius 3 is 2.21 bits per heavy atom. The normalized spacial score (nSPS) is 20.9. The number of rotatable bonds is 3. The molecule has 0 aliphatic carbocycles. The molecule has 0 atom stereocenters. The van der Waals surface area contributed by atoms with Crippen molar-refractivity contribution in [3.8, 4) is 0 Å². The van der Waals surface area contributed by atoms with Crippen LogP contribution < -0.4 is 5.73 Å². The molecule has 1 aliphatic heterocycles. The molecule has 0 bridgehead atoms. The van der Waals surface area contributed by atoms with Gasteiger partial charge in [0.1, 0.15) is 0 Å². The number of hydrogen-bond acceptors (Lipinski definition) is 3. The highest BCUT2D eigenvalue weighted by Gasteiger charge is 2.36. The van der Waals surface area contributed by atoms with E-state index in [9.17, 15) is 8.42 Å². The highest BCUT2D eigenvalue weighted by atomic mass is 32.2. The zero-order valence-electron chi connectivity index (χ0n) is 9.16. The maximum Gasteiger partial charge on any atom is 0.214 e. The van der Waals surface area contributed by atoms with Gasteiger partial charge in [-0.25, -0.2) is 12.7 Å². The van der Waals surface area contributed by atoms with E-state index in [0.717, 1.165) is 0 Å². The summed E-state index contributed by atoms with van der Waals surface area (Å²) >= 11 is 0. The third kappa shape index (κ3) is 2.93. The van der Waals surface area contributed by atoms with E-state index in [1.807, 2.05) is 20.8 Å². The highest BCUT2D eigenvalue weighted by Crippen LogP contribution is 2.24. The van der Waals surface area contributed by atoms with E-state index in [2.05, 4.69) is 0 Å². The van der Waals surface area contributed by atoms with Gasteiger partial charge in [-0.2, -0.15) is 0 Å². The van der Waals surface area contributed by atoms with Crippen LogP contribution in [0, 0.1) is 11.3 Å². The molecule has 0 saturated carbocycles. The molecule has 0 aromatic heterocycles. The van der Waals surface area contributed by atoms with E-state index in [-0.39, 0.29) is 11.2 Å². The van der Waals surface area contributed by atoms with Crippen LogP contribution in [-0.4, -0.2) is 38.1 Å². The molecule has 0 spiro atoms. The van der Waals surface area contributed by atoms with Crippen LogP contribution in [0.2, 0.25) is 0 Å². The van der Waals surface area contributed by atoms with Crippen molar-refractivity contribution in [2.75, 3.05) is 25.4 Å². The lowest BCUT2D eigenvalue weighted by molar-refractivity contribution is 0.205. The molecule has 4 nitrogen and oxygen atoms in total. The first-order chi connectivity index (χ1) is 6.24. The molecular formula is C9H20N2O2S. The van der Waals surface area contributed by atoms with Crippen LogP contribution >= 0.6 is 0 Å². The molecule has 14 heavy (non-hydrogen) atoms. The highest BCUT2D eigenvalue weighted by molar-refractivity contribution is 7.89. The van der Waals surface area contributed by atoms with Crippen LogP contribution in [0.5, 0.6) is 0 Å². The van der Waals surface area contributed by atoms with Gasteiger partial charge in [-0.15, -0.1) is 0 Å². The Hall–Kier alpha value is -0.130. The van der Waals surface area contributed by atoms with Crippen molar-refractivity contribution in [3.63, 3.8) is 0 Å². The molecule has 1 heterocycles. The maximum absolute atomic E-state index is 11.8. The molecule has 1 saturated heterocycles. The summed E-state index contributed by atoms with van der Waals surface area (Å²) in [7, 11) is -3.05. The monoisotopic (exact) mass is 220 g/mol. The summed E-state index contributed by atoms with van der Waals surface area (Å²) in [5.74, 6) is 0.585. The SMILES string of the molecule is CC(C)(C)CS(=O)(=O)N1CC(CN)C1. The minimum Gasteiger partial charge on any atom is -0.330 e. The number of nitrogens with zero attached hydrogens (tertiary/aromatic N) is 1. The average Bonchev–Trinajstić information content (AvgIpc) is 1.76. The van der Waals surface area contributed by atoms with Gasteiger partial charge < -0.3 is 5.73 Å². The van der Waals surface area contributed by atoms with Crippen LogP contribution in [0.3, 0.4) is 0 Å². The van der Waals surface area contributed by atoms with Crippen molar-refractivity contribution in [2.24, 2.45) is 17.1 Å². The van der Waals surface area contributed by atoms with Gasteiger partial charge in [-0.3, -0.25) is 0 Å². The van der Waals surface area contributed by atoms with E-state index in [1.165, 1.54) is 4.31 Å². The van der Waals surface area contributed by atoms with Gasteiger partial charge in [0.2, 0.25) is 10.0 Å². The summed E-state index contributed by atoms with van der Waals surface area (Å²) in [5.41, 5.74) is 5.27. The average molecular weight is 220 g/mol. The Balaban J connectivity index is 2.53. The zero-order chi connectivity index (χ0) is 11.0. The van der Waals surface area contributed by atoms with Gasteiger partial charge in [-0.1, -0.05) is 20.8 Å². The summed E-state index contributed by atoms with van der Waals surface area (Å²) in [5, 5.41) is 0. The summed E-state index contributed by atoms with van der Waals surface area (Å²) < 4.78 is 25.1. The van der Waals surface area contributed by atoms with E-state index in [1.54, 1.807) is 0 Å². The Morgan fingerprint density at radius 1 is 1.36 bits per heavy atom. The second-order valence-corrected chi connectivity index (χ2v) is 7.20. The van der Waals surface area contributed by atoms with E-state index in [4.69, 9.17) is 5.73 Å². The van der Waals surface area contributed by atoms with Gasteiger partial charge in [0, 0.05) is 13.1 Å². The van der Waals surface area contributed by atoms with Gasteiger partial charge in [0.25, 0.3) is 0 Å². The molecule has 1 fully saturated rings. The van der Waals surface area contributed by atoms with Crippen molar-refractivity contribution in [1.29, 1.82) is 0 Å². The summed E-state index contributed by atoms with van der Waals surface area (Å²) in [4.78, 5) is 0. The molecule has 0 radical (unpaired) electrons. The van der Waals surface area contributed by atoms with Crippen molar-refractivity contribution in [3.05, 3.63) is 0 Å². The van der Waals surface area contributed by atoms with E-state index < -0.39 is 10.0 Å². The van der Waals surface area contributed by atoms with Gasteiger partial charge in [0.05, 0.1) is 5.75 Å². The fraction of sp³-hybridized carbons (Fsp3) is 1.00. The zero-order valence-corrected chi connectivity index (χ0v) is 9.97. The first-order valence-corrected chi connectivity index (χ1v) is 6.53. The van der Waals surface area contributed by atoms with Crippen LogP contribution in [-0.2, 0) is 10.0 Å². The Morgan fingerprint density at radius 2 is 1.86 bits per heavy atom. The molecule has 0 aromatic rings. The number of hydrogen-bond donors (Lipinski definition) is 1. The van der Waals surface area contributed by atoms with Crippen molar-refractivity contribution >= 4 is 10.0 Å². The minimum atomic E-state index is -3.05. The third-order valence-electron chi connectivity index (χ3n) is 2.27. The Labute approximate surface area is 86.5 Å². The van der Waals surface area contributed by atoms with Gasteiger partial charge in [-0.05, 0) is 17.9 Å². The minimum absolute atomic E-state index is 0.174. The van der Waals surface area contributed by atoms with Gasteiger partial charge >= 0.3 is 0 Å². The largest absolute Gasteiger partial charge is 0.330 e. The predicted molar refractivity (Wildman–Crippen MR) is 57.4 cm³/mol. The molecule has 1 rings (SSSR count). The molecule has 0 amide bonds. The Bertz CT molecular complexity index is 286. The summed E-state index contributed by atoms with van der Waals surface area (Å²) in [6.45, 7) is 7.60. The second kappa shape index (κ2) is 3.79. The maximum atomic E-state index is 11.8. The van der Waals surface area contributed by atoms with Gasteiger partial charge in [0.15, 0.2) is 0 Å². The fourth-order valence-electron chi connectivity index (χ4n) is 1.54. The molecule has 84 valence electrons. The number of nitrogens with two attached hydrogens (primary N) is 1. The summed E-state index contributed by atoms with van der Waals surface area (Å²) in [6, 6.07) is 0. The molecular weight excluding hydrogens is 200 g/mol. The van der Waals surface area contributed by atoms with Crippen LogP contribution in [0.25, 0.3) is 0 Å². The topological polar surface area (TPSA) is 63.4 Å². The second-order valence-electron chi connectivity index (χ2n) is 5.24. The standard InChI is InChI=1S/C9H20N2O2S/c1-9(2,3)7-14(12,13)11-5-8(4-10)6-11/h8H,4-7,10H2,1-3H3. The molecule has 0 aromatic carbocycles. The quantitative estimate of drug-likeness (QED) is 0.741. The Kier molecular flexibility index (Phi) is 3.23. The first-order valence-electron chi connectivity index (χ1n) is 4.92. The molecule has 0 unspecified atom stereocenters. The number of sulfonamides is 1. The lowest BCUT2D eigenvalue weighted by atomic mass is 10.0. The van der Waals surface area contributed by atoms with E-state index >= 15 is 0 Å². The van der Waals surface area contributed by atoms with Crippen LogP contribution in [0.4, 0.5) is 0 Å². The van der Waals surface area contributed by atoms with Crippen molar-refractivity contribution in [1.82, 2.24) is 4.31 Å². The fourth-order valence-corrected chi connectivity index (χ4v) is 3.69. The van der Waals surface area contributed by atoms with Crippen molar-refractivity contribution in [2.45, 2.75) is 20.8 Å². The predicted octanol–water partition coefficient (Wildman–Crippen LogP) is 0.253. The van der Waals surface area contributed by atoms with Crippen LogP contribution in [0.1, 0.15) is 20.8 Å². The lowest BCUT2D eigenvalue weighted by Gasteiger charge is -2.38. The molecule has 1 aliphatic rings. The summed E-state index contributed by atoms with van der Waals surface area (Å²) in [6.07, 6.45) is 0. The molecule has 2 N–H and O–H groups in total. The smallest absolute Gasteiger partial charge is 0.214 e. The van der Waals surface area contributed by atoms with E-state index in [0.29, 0.717) is 25.6 Å². The lowest BCUT2D eigenvalue weighted by Crippen LogP contribution is -2.54. The van der Waals surface area contributed by atoms with Crippen molar-refractivity contribution < 1.29 is 8.42 Å². The third-order valence-corrected chi connectivity index (χ3v) is 4.58.